The molecule has 1 saturated heterocycles. The van der Waals surface area contributed by atoms with Crippen molar-refractivity contribution in [3.63, 3.8) is 0 Å². The Balaban J connectivity index is 2.27. The van der Waals surface area contributed by atoms with Crippen LogP contribution >= 0.6 is 11.8 Å². The van der Waals surface area contributed by atoms with Crippen molar-refractivity contribution in [3.8, 4) is 0 Å². The van der Waals surface area contributed by atoms with Crippen molar-refractivity contribution in [2.24, 2.45) is 10.5 Å². The molecule has 0 saturated carbocycles. The van der Waals surface area contributed by atoms with Crippen molar-refractivity contribution in [1.82, 2.24) is 0 Å². The minimum Gasteiger partial charge on any atom is -0.458 e. The lowest BCUT2D eigenvalue weighted by Gasteiger charge is -2.39. The summed E-state index contributed by atoms with van der Waals surface area (Å²) in [7, 11) is 0. The van der Waals surface area contributed by atoms with E-state index in [0.717, 1.165) is 4.90 Å². The molecule has 0 spiro atoms. The molecule has 0 bridgehead atoms. The molecule has 8 heteroatoms. The number of ether oxygens (including phenoxy) is 2. The molecule has 2 rings (SSSR count). The molecule has 1 aromatic rings. The fraction of sp³-hybridized carbons (Fsp3) is 0.588. The van der Waals surface area contributed by atoms with Crippen LogP contribution in [0.1, 0.15) is 27.2 Å². The number of hydrogen-bond acceptors (Lipinski definition) is 6. The lowest BCUT2D eigenvalue weighted by atomic mass is 9.96. The number of carbonyl (C=O) groups is 1. The molecule has 1 N–H and O–H groups in total. The van der Waals surface area contributed by atoms with Gasteiger partial charge in [-0.1, -0.05) is 35.1 Å². The Morgan fingerprint density at radius 1 is 1.44 bits per heavy atom. The lowest BCUT2D eigenvalue weighted by Crippen LogP contribution is -2.50. The third kappa shape index (κ3) is 5.37. The van der Waals surface area contributed by atoms with Gasteiger partial charge in [0.05, 0.1) is 24.2 Å². The van der Waals surface area contributed by atoms with E-state index in [4.69, 9.17) is 15.0 Å². The van der Waals surface area contributed by atoms with E-state index >= 15 is 0 Å². The third-order valence-corrected chi connectivity index (χ3v) is 4.89. The monoisotopic (exact) mass is 365 g/mol. The Morgan fingerprint density at radius 2 is 2.12 bits per heavy atom. The Kier molecular flexibility index (Phi) is 6.72. The minimum absolute atomic E-state index is 0.191. The van der Waals surface area contributed by atoms with E-state index in [1.165, 1.54) is 11.8 Å². The Labute approximate surface area is 151 Å². The topological polar surface area (TPSA) is 105 Å². The molecular formula is C17H23N3O4S. The number of esters is 1. The lowest BCUT2D eigenvalue weighted by molar-refractivity contribution is -0.174. The van der Waals surface area contributed by atoms with Gasteiger partial charge in [-0.2, -0.15) is 0 Å². The maximum atomic E-state index is 12.4. The second kappa shape index (κ2) is 8.58. The second-order valence-corrected chi connectivity index (χ2v) is 8.04. The number of azide groups is 1. The molecule has 0 aromatic heterocycles. The van der Waals surface area contributed by atoms with Crippen LogP contribution in [0.2, 0.25) is 0 Å². The van der Waals surface area contributed by atoms with E-state index in [-0.39, 0.29) is 12.6 Å². The van der Waals surface area contributed by atoms with E-state index in [1.54, 1.807) is 20.8 Å². The standard InChI is InChI=1S/C17H23N3O4S/c1-17(2,3)16(22)24-14-13(19-20-18)9-11(10-21)23-15(14)25-12-7-5-4-6-8-12/h4-8,11,13-15,21H,9-10H2,1-3H3/t11-,13-,14+,15-/m0/s1. The van der Waals surface area contributed by atoms with Crippen molar-refractivity contribution in [2.75, 3.05) is 6.61 Å². The zero-order chi connectivity index (χ0) is 18.4. The van der Waals surface area contributed by atoms with Crippen LogP contribution in [0.3, 0.4) is 0 Å². The fourth-order valence-electron chi connectivity index (χ4n) is 2.37. The molecule has 0 amide bonds. The number of hydrogen-bond donors (Lipinski definition) is 1. The Bertz CT molecular complexity index is 629. The molecule has 1 fully saturated rings. The average Bonchev–Trinajstić information content (AvgIpc) is 2.57. The zero-order valence-electron chi connectivity index (χ0n) is 14.5. The summed E-state index contributed by atoms with van der Waals surface area (Å²) in [4.78, 5) is 16.2. The second-order valence-electron chi connectivity index (χ2n) is 6.87. The van der Waals surface area contributed by atoms with Crippen molar-refractivity contribution >= 4 is 17.7 Å². The number of aliphatic hydroxyl groups excluding tert-OH is 1. The highest BCUT2D eigenvalue weighted by Crippen LogP contribution is 2.36. The Hall–Kier alpha value is -1.73. The maximum Gasteiger partial charge on any atom is 0.311 e. The normalized spacial score (nSPS) is 26.6. The first-order chi connectivity index (χ1) is 11.8. The van der Waals surface area contributed by atoms with E-state index in [2.05, 4.69) is 10.0 Å². The van der Waals surface area contributed by atoms with Gasteiger partial charge in [0.2, 0.25) is 0 Å². The summed E-state index contributed by atoms with van der Waals surface area (Å²) in [5.74, 6) is -0.389. The van der Waals surface area contributed by atoms with Crippen LogP contribution in [0.15, 0.2) is 40.3 Å². The maximum absolute atomic E-state index is 12.4. The van der Waals surface area contributed by atoms with E-state index < -0.39 is 29.1 Å². The SMILES string of the molecule is CC(C)(C)C(=O)O[C@@H]1[C@@H](N=[N+]=[N-])C[C@@H](CO)O[C@H]1Sc1ccccc1. The van der Waals surface area contributed by atoms with Crippen LogP contribution in [-0.4, -0.2) is 41.4 Å². The number of nitrogens with zero attached hydrogens (tertiary/aromatic N) is 3. The summed E-state index contributed by atoms with van der Waals surface area (Å²) in [6, 6.07) is 8.94. The number of rotatable bonds is 5. The van der Waals surface area contributed by atoms with Crippen LogP contribution in [-0.2, 0) is 14.3 Å². The number of thioether (sulfide) groups is 1. The summed E-state index contributed by atoms with van der Waals surface area (Å²) in [6.45, 7) is 5.09. The van der Waals surface area contributed by atoms with E-state index in [1.807, 2.05) is 30.3 Å². The molecule has 0 radical (unpaired) electrons. The van der Waals surface area contributed by atoms with Crippen molar-refractivity contribution in [3.05, 3.63) is 40.8 Å². The summed E-state index contributed by atoms with van der Waals surface area (Å²) in [5.41, 5.74) is 7.62. The fourth-order valence-corrected chi connectivity index (χ4v) is 3.53. The minimum atomic E-state index is -0.726. The Morgan fingerprint density at radius 3 is 2.68 bits per heavy atom. The van der Waals surface area contributed by atoms with E-state index in [9.17, 15) is 9.90 Å². The first-order valence-electron chi connectivity index (χ1n) is 8.08. The van der Waals surface area contributed by atoms with Gasteiger partial charge in [0.15, 0.2) is 0 Å². The van der Waals surface area contributed by atoms with Crippen LogP contribution in [0, 0.1) is 5.41 Å². The molecule has 7 nitrogen and oxygen atoms in total. The van der Waals surface area contributed by atoms with Crippen molar-refractivity contribution < 1.29 is 19.4 Å². The molecule has 4 atom stereocenters. The molecule has 136 valence electrons. The molecule has 0 unspecified atom stereocenters. The zero-order valence-corrected chi connectivity index (χ0v) is 15.3. The summed E-state index contributed by atoms with van der Waals surface area (Å²) < 4.78 is 11.6. The summed E-state index contributed by atoms with van der Waals surface area (Å²) >= 11 is 1.38. The average molecular weight is 365 g/mol. The van der Waals surface area contributed by atoms with Crippen LogP contribution in [0.4, 0.5) is 0 Å². The van der Waals surface area contributed by atoms with Crippen LogP contribution in [0.5, 0.6) is 0 Å². The predicted molar refractivity (Wildman–Crippen MR) is 94.9 cm³/mol. The van der Waals surface area contributed by atoms with Crippen molar-refractivity contribution in [1.29, 1.82) is 0 Å². The van der Waals surface area contributed by atoms with Gasteiger partial charge in [0.25, 0.3) is 0 Å². The molecule has 1 aliphatic heterocycles. The van der Waals surface area contributed by atoms with Gasteiger partial charge < -0.3 is 14.6 Å². The molecule has 1 aliphatic rings. The highest BCUT2D eigenvalue weighted by Gasteiger charge is 2.42. The van der Waals surface area contributed by atoms with E-state index in [0.29, 0.717) is 6.42 Å². The van der Waals surface area contributed by atoms with Gasteiger partial charge in [0, 0.05) is 9.81 Å². The van der Waals surface area contributed by atoms with Gasteiger partial charge in [-0.3, -0.25) is 4.79 Å². The highest BCUT2D eigenvalue weighted by molar-refractivity contribution is 7.99. The molecule has 0 aliphatic carbocycles. The van der Waals surface area contributed by atoms with Crippen LogP contribution in [0.25, 0.3) is 10.4 Å². The van der Waals surface area contributed by atoms with Crippen molar-refractivity contribution in [2.45, 2.75) is 55.8 Å². The number of carbonyl (C=O) groups excluding carboxylic acids is 1. The summed E-state index contributed by atoms with van der Waals surface area (Å²) in [6.07, 6.45) is -0.897. The van der Waals surface area contributed by atoms with Gasteiger partial charge in [-0.15, -0.1) is 0 Å². The molecule has 1 aromatic carbocycles. The molecule has 25 heavy (non-hydrogen) atoms. The molecule has 1 heterocycles. The van der Waals surface area contributed by atoms with Gasteiger partial charge >= 0.3 is 5.97 Å². The number of aliphatic hydroxyl groups is 1. The third-order valence-electron chi connectivity index (χ3n) is 3.73. The van der Waals surface area contributed by atoms with Gasteiger partial charge in [0.1, 0.15) is 11.5 Å². The van der Waals surface area contributed by atoms with Crippen LogP contribution < -0.4 is 0 Å². The highest BCUT2D eigenvalue weighted by atomic mass is 32.2. The largest absolute Gasteiger partial charge is 0.458 e. The first kappa shape index (κ1) is 19.6. The smallest absolute Gasteiger partial charge is 0.311 e. The number of benzene rings is 1. The predicted octanol–water partition coefficient (Wildman–Crippen LogP) is 3.52. The molecular weight excluding hydrogens is 342 g/mol. The quantitative estimate of drug-likeness (QED) is 0.372. The van der Waals surface area contributed by atoms with Gasteiger partial charge in [-0.05, 0) is 44.9 Å². The van der Waals surface area contributed by atoms with Gasteiger partial charge in [-0.25, -0.2) is 0 Å². The summed E-state index contributed by atoms with van der Waals surface area (Å²) in [5, 5.41) is 13.3. The first-order valence-corrected chi connectivity index (χ1v) is 8.96.